The molecule has 1 N–H and O–H groups in total. The van der Waals surface area contributed by atoms with Crippen LogP contribution in [0.5, 0.6) is 0 Å². The lowest BCUT2D eigenvalue weighted by molar-refractivity contribution is -0.0431. The largest absolute Gasteiger partial charge is 0.440 e. The number of carbonyl (C=O) groups excluding carboxylic acids is 1. The zero-order chi connectivity index (χ0) is 15.9. The van der Waals surface area contributed by atoms with Crippen LogP contribution in [0.1, 0.15) is 36.7 Å². The molecule has 1 aromatic rings. The minimum absolute atomic E-state index is 0.305. The zero-order valence-corrected chi connectivity index (χ0v) is 13.4. The molecule has 3 aliphatic heterocycles. The third-order valence-corrected chi connectivity index (χ3v) is 4.97. The Labute approximate surface area is 135 Å². The van der Waals surface area contributed by atoms with Crippen molar-refractivity contribution in [2.45, 2.75) is 37.7 Å². The molecule has 0 radical (unpaired) electrons. The Morgan fingerprint density at radius 2 is 2.17 bits per heavy atom. The molecule has 7 heteroatoms. The summed E-state index contributed by atoms with van der Waals surface area (Å²) in [7, 11) is 0. The van der Waals surface area contributed by atoms with E-state index >= 15 is 0 Å². The molecule has 1 atom stereocenters. The normalized spacial score (nSPS) is 26.7. The van der Waals surface area contributed by atoms with Gasteiger partial charge in [-0.25, -0.2) is 14.8 Å². The van der Waals surface area contributed by atoms with Crippen molar-refractivity contribution in [1.82, 2.24) is 15.3 Å². The molecule has 0 aromatic carbocycles. The molecular formula is C16H22N4O3. The van der Waals surface area contributed by atoms with Crippen molar-refractivity contribution in [2.75, 3.05) is 37.7 Å². The molecule has 3 saturated heterocycles. The molecule has 0 aliphatic carbocycles. The topological polar surface area (TPSA) is 76.6 Å². The lowest BCUT2D eigenvalue weighted by Gasteiger charge is -2.30. The predicted octanol–water partition coefficient (Wildman–Crippen LogP) is 1.37. The van der Waals surface area contributed by atoms with Crippen LogP contribution in [-0.2, 0) is 9.47 Å². The fraction of sp³-hybridized carbons (Fsp3) is 0.688. The Morgan fingerprint density at radius 1 is 1.35 bits per heavy atom. The van der Waals surface area contributed by atoms with Crippen LogP contribution in [0.25, 0.3) is 0 Å². The van der Waals surface area contributed by atoms with Crippen molar-refractivity contribution < 1.29 is 14.3 Å². The fourth-order valence-electron chi connectivity index (χ4n) is 3.63. The third kappa shape index (κ3) is 2.79. The van der Waals surface area contributed by atoms with Crippen LogP contribution in [0.15, 0.2) is 6.07 Å². The second kappa shape index (κ2) is 5.72. The minimum Gasteiger partial charge on any atom is -0.440 e. The Kier molecular flexibility index (Phi) is 3.69. The molecule has 0 bridgehead atoms. The maximum atomic E-state index is 12.4. The Bertz CT molecular complexity index is 609. The van der Waals surface area contributed by atoms with Gasteiger partial charge < -0.3 is 14.8 Å². The lowest BCUT2D eigenvalue weighted by Crippen LogP contribution is -2.40. The van der Waals surface area contributed by atoms with E-state index in [-0.39, 0.29) is 6.09 Å². The number of aromatic nitrogens is 2. The van der Waals surface area contributed by atoms with E-state index in [2.05, 4.69) is 15.3 Å². The number of nitrogens with one attached hydrogen (secondary N) is 1. The van der Waals surface area contributed by atoms with Gasteiger partial charge in [-0.15, -0.1) is 0 Å². The highest BCUT2D eigenvalue weighted by atomic mass is 16.6. The molecule has 1 unspecified atom stereocenters. The van der Waals surface area contributed by atoms with E-state index in [0.717, 1.165) is 38.0 Å². The Morgan fingerprint density at radius 3 is 2.91 bits per heavy atom. The molecule has 3 aliphatic rings. The summed E-state index contributed by atoms with van der Waals surface area (Å²) in [6, 6.07) is 1.95. The Hall–Kier alpha value is -1.73. The van der Waals surface area contributed by atoms with Gasteiger partial charge in [0.25, 0.3) is 0 Å². The van der Waals surface area contributed by atoms with Crippen LogP contribution in [0.4, 0.5) is 10.6 Å². The first-order valence-corrected chi connectivity index (χ1v) is 8.30. The van der Waals surface area contributed by atoms with Gasteiger partial charge in [0.05, 0.1) is 25.5 Å². The van der Waals surface area contributed by atoms with Crippen LogP contribution in [-0.4, -0.2) is 54.5 Å². The van der Waals surface area contributed by atoms with Gasteiger partial charge in [0.2, 0.25) is 0 Å². The van der Waals surface area contributed by atoms with Crippen molar-refractivity contribution in [2.24, 2.45) is 0 Å². The van der Waals surface area contributed by atoms with Crippen LogP contribution in [0.2, 0.25) is 0 Å². The molecule has 4 heterocycles. The molecule has 1 amide bonds. The molecule has 23 heavy (non-hydrogen) atoms. The summed E-state index contributed by atoms with van der Waals surface area (Å²) in [5.74, 6) is 1.75. The first-order chi connectivity index (χ1) is 11.2. The lowest BCUT2D eigenvalue weighted by atomic mass is 9.94. The summed E-state index contributed by atoms with van der Waals surface area (Å²) in [5.41, 5.74) is 0.599. The molecule has 7 nitrogen and oxygen atoms in total. The van der Waals surface area contributed by atoms with Crippen LogP contribution >= 0.6 is 0 Å². The van der Waals surface area contributed by atoms with Crippen LogP contribution in [0.3, 0.4) is 0 Å². The predicted molar refractivity (Wildman–Crippen MR) is 83.6 cm³/mol. The molecule has 3 fully saturated rings. The van der Waals surface area contributed by atoms with E-state index in [1.54, 1.807) is 4.90 Å². The summed E-state index contributed by atoms with van der Waals surface area (Å²) in [6.07, 6.45) is 2.26. The highest BCUT2D eigenvalue weighted by Gasteiger charge is 2.47. The number of rotatable bonds is 2. The summed E-state index contributed by atoms with van der Waals surface area (Å²) in [6.45, 7) is 5.65. The molecular weight excluding hydrogens is 296 g/mol. The minimum atomic E-state index is -0.413. The molecule has 1 spiro atoms. The van der Waals surface area contributed by atoms with E-state index < -0.39 is 5.60 Å². The monoisotopic (exact) mass is 318 g/mol. The standard InChI is InChI=1S/C16H22N4O3/c1-11-18-13(12-2-5-17-9-12)8-14(19-11)20-10-16(23-15(20)21)3-6-22-7-4-16/h8,12,17H,2-7,9-10H2,1H3. The van der Waals surface area contributed by atoms with Crippen LogP contribution in [0, 0.1) is 6.92 Å². The number of anilines is 1. The van der Waals surface area contributed by atoms with Gasteiger partial charge in [-0.2, -0.15) is 0 Å². The summed E-state index contributed by atoms with van der Waals surface area (Å²) < 4.78 is 11.1. The number of ether oxygens (including phenoxy) is 2. The van der Waals surface area contributed by atoms with E-state index in [0.29, 0.717) is 37.3 Å². The number of aryl methyl sites for hydroxylation is 1. The van der Waals surface area contributed by atoms with Crippen molar-refractivity contribution >= 4 is 11.9 Å². The van der Waals surface area contributed by atoms with Gasteiger partial charge in [0.1, 0.15) is 17.2 Å². The fourth-order valence-corrected chi connectivity index (χ4v) is 3.63. The highest BCUT2D eigenvalue weighted by Crippen LogP contribution is 2.35. The van der Waals surface area contributed by atoms with Gasteiger partial charge >= 0.3 is 6.09 Å². The summed E-state index contributed by atoms with van der Waals surface area (Å²) in [5, 5.41) is 3.36. The summed E-state index contributed by atoms with van der Waals surface area (Å²) in [4.78, 5) is 23.1. The van der Waals surface area contributed by atoms with Crippen molar-refractivity contribution in [3.05, 3.63) is 17.6 Å². The number of hydrogen-bond donors (Lipinski definition) is 1. The second-order valence-corrected chi connectivity index (χ2v) is 6.64. The third-order valence-electron chi connectivity index (χ3n) is 4.97. The quantitative estimate of drug-likeness (QED) is 0.887. The number of carbonyl (C=O) groups is 1. The molecule has 0 saturated carbocycles. The van der Waals surface area contributed by atoms with Crippen LogP contribution < -0.4 is 10.2 Å². The number of hydrogen-bond acceptors (Lipinski definition) is 6. The van der Waals surface area contributed by atoms with Gasteiger partial charge in [-0.1, -0.05) is 0 Å². The van der Waals surface area contributed by atoms with Crippen molar-refractivity contribution in [3.8, 4) is 0 Å². The van der Waals surface area contributed by atoms with Gasteiger partial charge in [-0.05, 0) is 19.9 Å². The molecule has 1 aromatic heterocycles. The Balaban J connectivity index is 1.61. The van der Waals surface area contributed by atoms with Gasteiger partial charge in [-0.3, -0.25) is 4.90 Å². The SMILES string of the molecule is Cc1nc(C2CCNC2)cc(N2CC3(CCOCC3)OC2=O)n1. The zero-order valence-electron chi connectivity index (χ0n) is 13.4. The first-order valence-electron chi connectivity index (χ1n) is 8.30. The van der Waals surface area contributed by atoms with Crippen molar-refractivity contribution in [1.29, 1.82) is 0 Å². The average Bonchev–Trinajstić information content (AvgIpc) is 3.16. The van der Waals surface area contributed by atoms with Gasteiger partial charge in [0.15, 0.2) is 0 Å². The van der Waals surface area contributed by atoms with Crippen molar-refractivity contribution in [3.63, 3.8) is 0 Å². The average molecular weight is 318 g/mol. The van der Waals surface area contributed by atoms with E-state index in [4.69, 9.17) is 9.47 Å². The van der Waals surface area contributed by atoms with E-state index in [1.807, 2.05) is 13.0 Å². The number of nitrogens with zero attached hydrogens (tertiary/aromatic N) is 3. The van der Waals surface area contributed by atoms with E-state index in [9.17, 15) is 4.79 Å². The summed E-state index contributed by atoms with van der Waals surface area (Å²) >= 11 is 0. The molecule has 124 valence electrons. The second-order valence-electron chi connectivity index (χ2n) is 6.64. The highest BCUT2D eigenvalue weighted by molar-refractivity contribution is 5.89. The maximum absolute atomic E-state index is 12.4. The molecule has 4 rings (SSSR count). The number of amides is 1. The first kappa shape index (κ1) is 14.8. The van der Waals surface area contributed by atoms with E-state index in [1.165, 1.54) is 0 Å². The van der Waals surface area contributed by atoms with Gasteiger partial charge in [0, 0.05) is 31.4 Å². The maximum Gasteiger partial charge on any atom is 0.416 e. The smallest absolute Gasteiger partial charge is 0.416 e.